The van der Waals surface area contributed by atoms with Crippen LogP contribution in [0.3, 0.4) is 0 Å². The molecule has 0 aliphatic carbocycles. The topological polar surface area (TPSA) is 132 Å². The van der Waals surface area contributed by atoms with E-state index in [-0.39, 0.29) is 18.3 Å². The summed E-state index contributed by atoms with van der Waals surface area (Å²) in [4.78, 5) is 25.3. The van der Waals surface area contributed by atoms with Crippen LogP contribution in [-0.4, -0.2) is 61.6 Å². The van der Waals surface area contributed by atoms with Gasteiger partial charge in [-0.2, -0.15) is 0 Å². The van der Waals surface area contributed by atoms with Crippen LogP contribution in [0.1, 0.15) is 23.0 Å². The predicted octanol–water partition coefficient (Wildman–Crippen LogP) is 0.728. The van der Waals surface area contributed by atoms with Crippen LogP contribution in [0.2, 0.25) is 0 Å². The number of ether oxygens (including phenoxy) is 2. The number of aliphatic hydroxyl groups excluding tert-OH is 2. The van der Waals surface area contributed by atoms with E-state index >= 15 is 0 Å². The van der Waals surface area contributed by atoms with Crippen LogP contribution in [-0.2, 0) is 4.74 Å². The second kappa shape index (κ2) is 7.50. The Morgan fingerprint density at radius 1 is 1.36 bits per heavy atom. The van der Waals surface area contributed by atoms with Crippen molar-refractivity contribution in [2.24, 2.45) is 0 Å². The van der Waals surface area contributed by atoms with Gasteiger partial charge in [0.2, 0.25) is 0 Å². The molecule has 4 rings (SSSR count). The molecule has 1 aromatic carbocycles. The fourth-order valence-electron chi connectivity index (χ4n) is 3.21. The summed E-state index contributed by atoms with van der Waals surface area (Å²) in [6, 6.07) is 6.85. The van der Waals surface area contributed by atoms with Crippen LogP contribution >= 0.6 is 0 Å². The Morgan fingerprint density at radius 3 is 2.93 bits per heavy atom. The molecule has 3 heterocycles. The Bertz CT molecular complexity index is 1010. The lowest BCUT2D eigenvalue weighted by atomic mass is 10.2. The molecule has 3 atom stereocenters. The van der Waals surface area contributed by atoms with Crippen LogP contribution in [0.4, 0.5) is 5.82 Å². The highest BCUT2D eigenvalue weighted by Crippen LogP contribution is 2.31. The van der Waals surface area contributed by atoms with Gasteiger partial charge < -0.3 is 25.0 Å². The summed E-state index contributed by atoms with van der Waals surface area (Å²) in [7, 11) is 1.49. The van der Waals surface area contributed by atoms with E-state index in [2.05, 4.69) is 20.3 Å². The average molecular weight is 385 g/mol. The van der Waals surface area contributed by atoms with Gasteiger partial charge in [-0.15, -0.1) is 0 Å². The number of methoxy groups -OCH3 is 1. The standard InChI is InChI=1S/C18H19N5O5/c1-27-12-5-3-2-4-10(12)18(26)22-16-15-17(20-8-19-16)23(9-21-15)14-6-11(25)13(7-24)28-14/h2-5,8-9,11,13-14,24-25H,6-7H2,1H3,(H,19,20,22,26)/t11-,13+,14+/m0/s1. The maximum Gasteiger partial charge on any atom is 0.260 e. The number of anilines is 1. The van der Waals surface area contributed by atoms with Gasteiger partial charge >= 0.3 is 0 Å². The highest BCUT2D eigenvalue weighted by Gasteiger charge is 2.35. The molecule has 3 aromatic rings. The molecule has 1 aliphatic heterocycles. The first-order valence-electron chi connectivity index (χ1n) is 8.68. The number of aromatic nitrogens is 4. The van der Waals surface area contributed by atoms with Crippen LogP contribution in [0.5, 0.6) is 5.75 Å². The van der Waals surface area contributed by atoms with E-state index in [1.54, 1.807) is 28.8 Å². The smallest absolute Gasteiger partial charge is 0.260 e. The Kier molecular flexibility index (Phi) is 4.90. The molecule has 0 bridgehead atoms. The van der Waals surface area contributed by atoms with Crippen molar-refractivity contribution in [2.75, 3.05) is 19.0 Å². The van der Waals surface area contributed by atoms with Gasteiger partial charge in [0.25, 0.3) is 5.91 Å². The highest BCUT2D eigenvalue weighted by molar-refractivity contribution is 6.08. The Balaban J connectivity index is 1.63. The van der Waals surface area contributed by atoms with Crippen molar-refractivity contribution in [3.8, 4) is 5.75 Å². The SMILES string of the molecule is COc1ccccc1C(=O)Nc1ncnc2c1ncn2[C@H]1C[C@H](O)[C@@H](CO)O1. The number of rotatable bonds is 5. The first-order chi connectivity index (χ1) is 13.6. The van der Waals surface area contributed by atoms with Gasteiger partial charge in [-0.3, -0.25) is 9.36 Å². The van der Waals surface area contributed by atoms with Crippen molar-refractivity contribution in [1.82, 2.24) is 19.5 Å². The summed E-state index contributed by atoms with van der Waals surface area (Å²) >= 11 is 0. The Labute approximate surface area is 159 Å². The molecule has 1 aliphatic rings. The molecule has 1 fully saturated rings. The molecule has 1 amide bonds. The number of hydrogen-bond acceptors (Lipinski definition) is 8. The van der Waals surface area contributed by atoms with Gasteiger partial charge in [0.15, 0.2) is 17.0 Å². The fourth-order valence-corrected chi connectivity index (χ4v) is 3.21. The van der Waals surface area contributed by atoms with E-state index in [1.807, 2.05) is 0 Å². The third kappa shape index (κ3) is 3.17. The number of nitrogens with zero attached hydrogens (tertiary/aromatic N) is 4. The van der Waals surface area contributed by atoms with Crippen LogP contribution in [0, 0.1) is 0 Å². The van der Waals surface area contributed by atoms with Gasteiger partial charge in [-0.1, -0.05) is 12.1 Å². The van der Waals surface area contributed by atoms with Crippen molar-refractivity contribution in [1.29, 1.82) is 0 Å². The summed E-state index contributed by atoms with van der Waals surface area (Å²) in [5, 5.41) is 22.0. The minimum Gasteiger partial charge on any atom is -0.496 e. The maximum atomic E-state index is 12.7. The number of carbonyl (C=O) groups is 1. The van der Waals surface area contributed by atoms with Crippen LogP contribution < -0.4 is 10.1 Å². The lowest BCUT2D eigenvalue weighted by molar-refractivity contribution is -0.0432. The van der Waals surface area contributed by atoms with Crippen LogP contribution in [0.15, 0.2) is 36.9 Å². The second-order valence-corrected chi connectivity index (χ2v) is 6.32. The van der Waals surface area contributed by atoms with Gasteiger partial charge in [-0.25, -0.2) is 15.0 Å². The van der Waals surface area contributed by atoms with E-state index in [4.69, 9.17) is 9.47 Å². The summed E-state index contributed by atoms with van der Waals surface area (Å²) in [6.45, 7) is -0.278. The zero-order valence-electron chi connectivity index (χ0n) is 15.0. The fraction of sp³-hybridized carbons (Fsp3) is 0.333. The number of hydrogen-bond donors (Lipinski definition) is 3. The van der Waals surface area contributed by atoms with E-state index in [0.717, 1.165) is 0 Å². The summed E-state index contributed by atoms with van der Waals surface area (Å²) < 4.78 is 12.5. The largest absolute Gasteiger partial charge is 0.496 e. The predicted molar refractivity (Wildman–Crippen MR) is 97.9 cm³/mol. The van der Waals surface area contributed by atoms with E-state index in [0.29, 0.717) is 28.9 Å². The zero-order chi connectivity index (χ0) is 19.7. The molecule has 0 spiro atoms. The van der Waals surface area contributed by atoms with Crippen molar-refractivity contribution in [3.05, 3.63) is 42.5 Å². The first kappa shape index (κ1) is 18.3. The van der Waals surface area contributed by atoms with Crippen LogP contribution in [0.25, 0.3) is 11.2 Å². The minimum absolute atomic E-state index is 0.247. The highest BCUT2D eigenvalue weighted by atomic mass is 16.5. The molecular formula is C18H19N5O5. The number of nitrogens with one attached hydrogen (secondary N) is 1. The summed E-state index contributed by atoms with van der Waals surface area (Å²) in [6.07, 6.45) is 1.16. The molecule has 146 valence electrons. The number of fused-ring (bicyclic) bond motifs is 1. The van der Waals surface area contributed by atoms with Crippen molar-refractivity contribution in [3.63, 3.8) is 0 Å². The number of imidazole rings is 1. The second-order valence-electron chi connectivity index (χ2n) is 6.32. The average Bonchev–Trinajstić information content (AvgIpc) is 3.31. The van der Waals surface area contributed by atoms with Gasteiger partial charge in [0, 0.05) is 6.42 Å². The van der Waals surface area contributed by atoms with Gasteiger partial charge in [0.05, 0.1) is 31.7 Å². The maximum absolute atomic E-state index is 12.7. The third-order valence-electron chi connectivity index (χ3n) is 4.64. The van der Waals surface area contributed by atoms with Gasteiger partial charge in [0.1, 0.15) is 24.4 Å². The number of amides is 1. The molecule has 0 saturated carbocycles. The molecule has 2 aromatic heterocycles. The number of carbonyl (C=O) groups excluding carboxylic acids is 1. The molecule has 10 heteroatoms. The lowest BCUT2D eigenvalue weighted by Crippen LogP contribution is -2.24. The molecule has 10 nitrogen and oxygen atoms in total. The lowest BCUT2D eigenvalue weighted by Gasteiger charge is -2.13. The summed E-state index contributed by atoms with van der Waals surface area (Å²) in [5.41, 5.74) is 1.20. The number of para-hydroxylation sites is 1. The summed E-state index contributed by atoms with van der Waals surface area (Å²) in [5.74, 6) is 0.302. The first-order valence-corrected chi connectivity index (χ1v) is 8.68. The van der Waals surface area contributed by atoms with Crippen molar-refractivity contribution >= 4 is 22.9 Å². The molecule has 0 unspecified atom stereocenters. The quantitative estimate of drug-likeness (QED) is 0.586. The van der Waals surface area contributed by atoms with E-state index in [1.165, 1.54) is 19.8 Å². The monoisotopic (exact) mass is 385 g/mol. The third-order valence-corrected chi connectivity index (χ3v) is 4.64. The molecule has 1 saturated heterocycles. The Hall–Kier alpha value is -3.08. The minimum atomic E-state index is -0.779. The van der Waals surface area contributed by atoms with E-state index < -0.39 is 18.4 Å². The Morgan fingerprint density at radius 2 is 2.18 bits per heavy atom. The molecule has 28 heavy (non-hydrogen) atoms. The molecular weight excluding hydrogens is 366 g/mol. The zero-order valence-corrected chi connectivity index (χ0v) is 15.0. The van der Waals surface area contributed by atoms with Crippen molar-refractivity contribution in [2.45, 2.75) is 24.9 Å². The van der Waals surface area contributed by atoms with E-state index in [9.17, 15) is 15.0 Å². The normalized spacial score (nSPS) is 21.8. The van der Waals surface area contributed by atoms with Gasteiger partial charge in [-0.05, 0) is 12.1 Å². The number of aliphatic hydroxyl groups is 2. The number of benzene rings is 1. The molecule has 3 N–H and O–H groups in total. The van der Waals surface area contributed by atoms with Crippen molar-refractivity contribution < 1.29 is 24.5 Å². The molecule has 0 radical (unpaired) electrons.